The van der Waals surface area contributed by atoms with Crippen molar-refractivity contribution in [2.45, 2.75) is 25.5 Å². The van der Waals surface area contributed by atoms with E-state index in [9.17, 15) is 5.11 Å². The summed E-state index contributed by atoms with van der Waals surface area (Å²) in [5, 5.41) is 18.1. The van der Waals surface area contributed by atoms with E-state index in [1.54, 1.807) is 0 Å². The van der Waals surface area contributed by atoms with Crippen LogP contribution >= 0.6 is 0 Å². The summed E-state index contributed by atoms with van der Waals surface area (Å²) in [6.45, 7) is 7.76. The molecule has 2 N–H and O–H groups in total. The second-order valence-corrected chi connectivity index (χ2v) is 4.81. The summed E-state index contributed by atoms with van der Waals surface area (Å²) in [6.07, 6.45) is -0.603. The third-order valence-corrected chi connectivity index (χ3v) is 3.08. The van der Waals surface area contributed by atoms with E-state index in [0.29, 0.717) is 6.54 Å². The Morgan fingerprint density at radius 1 is 1.36 bits per heavy atom. The predicted octanol–water partition coefficient (Wildman–Crippen LogP) is -0.634. The molecule has 0 amide bonds. The van der Waals surface area contributed by atoms with Crippen LogP contribution in [0, 0.1) is 0 Å². The molecule has 84 valence electrons. The summed E-state index contributed by atoms with van der Waals surface area (Å²) in [6, 6.07) is 0. The maximum Gasteiger partial charge on any atom is 0.0897 e. The quantitative estimate of drug-likeness (QED) is 0.639. The van der Waals surface area contributed by atoms with E-state index >= 15 is 0 Å². The van der Waals surface area contributed by atoms with Gasteiger partial charge in [-0.05, 0) is 20.9 Å². The molecular weight excluding hydrogens is 180 g/mol. The van der Waals surface area contributed by atoms with Crippen molar-refractivity contribution in [3.8, 4) is 0 Å². The van der Waals surface area contributed by atoms with Crippen molar-refractivity contribution >= 4 is 0 Å². The van der Waals surface area contributed by atoms with Crippen LogP contribution < -0.4 is 0 Å². The number of aliphatic hydroxyl groups is 2. The molecule has 1 aliphatic rings. The molecule has 1 saturated heterocycles. The molecule has 0 aromatic carbocycles. The lowest BCUT2D eigenvalue weighted by Crippen LogP contribution is -2.58. The first-order valence-corrected chi connectivity index (χ1v) is 5.18. The molecule has 1 atom stereocenters. The first kappa shape index (κ1) is 11.9. The first-order chi connectivity index (χ1) is 6.45. The van der Waals surface area contributed by atoms with Gasteiger partial charge in [-0.3, -0.25) is 9.80 Å². The maximum atomic E-state index is 9.34. The number of aliphatic hydroxyl groups excluding tert-OH is 2. The number of hydrogen-bond acceptors (Lipinski definition) is 4. The van der Waals surface area contributed by atoms with Crippen molar-refractivity contribution in [2.75, 3.05) is 39.8 Å². The van der Waals surface area contributed by atoms with Crippen LogP contribution in [0.2, 0.25) is 0 Å². The molecular formula is C10H22N2O2. The minimum absolute atomic E-state index is 0.146. The molecule has 0 aromatic heterocycles. The highest BCUT2D eigenvalue weighted by atomic mass is 16.3. The van der Waals surface area contributed by atoms with Gasteiger partial charge in [-0.2, -0.15) is 0 Å². The van der Waals surface area contributed by atoms with Gasteiger partial charge >= 0.3 is 0 Å². The highest BCUT2D eigenvalue weighted by Crippen LogP contribution is 2.18. The summed E-state index contributed by atoms with van der Waals surface area (Å²) < 4.78 is 0. The molecule has 4 nitrogen and oxygen atoms in total. The van der Waals surface area contributed by atoms with Crippen molar-refractivity contribution in [3.05, 3.63) is 0 Å². The van der Waals surface area contributed by atoms with Crippen LogP contribution in [0.4, 0.5) is 0 Å². The Morgan fingerprint density at radius 2 is 2.00 bits per heavy atom. The number of piperazine rings is 1. The lowest BCUT2D eigenvalue weighted by molar-refractivity contribution is 0.000862. The SMILES string of the molecule is CN1CCN(CC(O)CO)CC1(C)C. The number of rotatable bonds is 3. The Kier molecular flexibility index (Phi) is 3.89. The minimum Gasteiger partial charge on any atom is -0.394 e. The second kappa shape index (κ2) is 4.57. The fraction of sp³-hybridized carbons (Fsp3) is 1.00. The molecule has 0 saturated carbocycles. The van der Waals surface area contributed by atoms with Crippen LogP contribution in [0.15, 0.2) is 0 Å². The van der Waals surface area contributed by atoms with Crippen LogP contribution in [-0.4, -0.2) is 71.5 Å². The monoisotopic (exact) mass is 202 g/mol. The van der Waals surface area contributed by atoms with E-state index < -0.39 is 6.10 Å². The molecule has 1 unspecified atom stereocenters. The molecule has 1 fully saturated rings. The summed E-state index contributed by atoms with van der Waals surface area (Å²) in [4.78, 5) is 4.54. The van der Waals surface area contributed by atoms with E-state index in [2.05, 4.69) is 30.7 Å². The summed E-state index contributed by atoms with van der Waals surface area (Å²) >= 11 is 0. The number of nitrogens with zero attached hydrogens (tertiary/aromatic N) is 2. The minimum atomic E-state index is -0.603. The van der Waals surface area contributed by atoms with Gasteiger partial charge < -0.3 is 10.2 Å². The molecule has 0 spiro atoms. The summed E-state index contributed by atoms with van der Waals surface area (Å²) in [5.41, 5.74) is 0.160. The second-order valence-electron chi connectivity index (χ2n) is 4.81. The van der Waals surface area contributed by atoms with Crippen molar-refractivity contribution in [1.29, 1.82) is 0 Å². The van der Waals surface area contributed by atoms with Crippen LogP contribution in [0.3, 0.4) is 0 Å². The molecule has 1 aliphatic heterocycles. The Labute approximate surface area is 86.1 Å². The third-order valence-electron chi connectivity index (χ3n) is 3.08. The Morgan fingerprint density at radius 3 is 2.50 bits per heavy atom. The molecule has 0 radical (unpaired) electrons. The predicted molar refractivity (Wildman–Crippen MR) is 56.2 cm³/mol. The van der Waals surface area contributed by atoms with Gasteiger partial charge in [0.1, 0.15) is 0 Å². The van der Waals surface area contributed by atoms with E-state index in [1.807, 2.05) is 0 Å². The molecule has 0 bridgehead atoms. The van der Waals surface area contributed by atoms with Crippen molar-refractivity contribution in [1.82, 2.24) is 9.80 Å². The number of β-amino-alcohol motifs (C(OH)–C–C–N with tert-alkyl or cyclic N) is 1. The highest BCUT2D eigenvalue weighted by Gasteiger charge is 2.31. The Bertz CT molecular complexity index is 185. The molecule has 0 aliphatic carbocycles. The molecule has 0 aromatic rings. The van der Waals surface area contributed by atoms with E-state index in [1.165, 1.54) is 0 Å². The van der Waals surface area contributed by atoms with Gasteiger partial charge in [0, 0.05) is 31.7 Å². The lowest BCUT2D eigenvalue weighted by atomic mass is 9.99. The average Bonchev–Trinajstić information content (AvgIpc) is 2.11. The molecule has 4 heteroatoms. The number of likely N-dealkylation sites (N-methyl/N-ethyl adjacent to an activating group) is 1. The van der Waals surface area contributed by atoms with Crippen LogP contribution in [-0.2, 0) is 0 Å². The zero-order valence-corrected chi connectivity index (χ0v) is 9.40. The normalized spacial score (nSPS) is 26.4. The Balaban J connectivity index is 2.43. The highest BCUT2D eigenvalue weighted by molar-refractivity contribution is 4.88. The van der Waals surface area contributed by atoms with Gasteiger partial charge in [0.15, 0.2) is 0 Å². The van der Waals surface area contributed by atoms with Gasteiger partial charge in [-0.15, -0.1) is 0 Å². The smallest absolute Gasteiger partial charge is 0.0897 e. The van der Waals surface area contributed by atoms with Gasteiger partial charge in [0.25, 0.3) is 0 Å². The molecule has 14 heavy (non-hydrogen) atoms. The van der Waals surface area contributed by atoms with Crippen molar-refractivity contribution in [2.24, 2.45) is 0 Å². The maximum absolute atomic E-state index is 9.34. The zero-order chi connectivity index (χ0) is 10.8. The molecule has 1 heterocycles. The van der Waals surface area contributed by atoms with E-state index in [-0.39, 0.29) is 12.1 Å². The van der Waals surface area contributed by atoms with Crippen LogP contribution in [0.5, 0.6) is 0 Å². The van der Waals surface area contributed by atoms with Gasteiger partial charge in [0.2, 0.25) is 0 Å². The standard InChI is InChI=1S/C10H22N2O2/c1-10(2)8-12(5-4-11(10)3)6-9(14)7-13/h9,13-14H,4-8H2,1-3H3. The third kappa shape index (κ3) is 2.92. The average molecular weight is 202 g/mol. The van der Waals surface area contributed by atoms with Crippen molar-refractivity contribution < 1.29 is 10.2 Å². The van der Waals surface area contributed by atoms with Gasteiger partial charge in [0.05, 0.1) is 12.7 Å². The van der Waals surface area contributed by atoms with Gasteiger partial charge in [-0.1, -0.05) is 0 Å². The van der Waals surface area contributed by atoms with Crippen LogP contribution in [0.25, 0.3) is 0 Å². The topological polar surface area (TPSA) is 46.9 Å². The lowest BCUT2D eigenvalue weighted by Gasteiger charge is -2.45. The fourth-order valence-corrected chi connectivity index (χ4v) is 1.85. The number of hydrogen-bond donors (Lipinski definition) is 2. The van der Waals surface area contributed by atoms with E-state index in [0.717, 1.165) is 19.6 Å². The largest absolute Gasteiger partial charge is 0.394 e. The molecule has 1 rings (SSSR count). The van der Waals surface area contributed by atoms with Gasteiger partial charge in [-0.25, -0.2) is 0 Å². The van der Waals surface area contributed by atoms with E-state index in [4.69, 9.17) is 5.11 Å². The van der Waals surface area contributed by atoms with Crippen molar-refractivity contribution in [3.63, 3.8) is 0 Å². The summed E-state index contributed by atoms with van der Waals surface area (Å²) in [7, 11) is 2.12. The fourth-order valence-electron chi connectivity index (χ4n) is 1.85. The Hall–Kier alpha value is -0.160. The zero-order valence-electron chi connectivity index (χ0n) is 9.40. The summed E-state index contributed by atoms with van der Waals surface area (Å²) in [5.74, 6) is 0. The van der Waals surface area contributed by atoms with Crippen LogP contribution in [0.1, 0.15) is 13.8 Å². The first-order valence-electron chi connectivity index (χ1n) is 5.18.